The molecule has 7 heteroatoms. The molecule has 0 heterocycles. The van der Waals surface area contributed by atoms with Gasteiger partial charge in [0.25, 0.3) is 5.69 Å². The van der Waals surface area contributed by atoms with Gasteiger partial charge in [-0.05, 0) is 18.9 Å². The van der Waals surface area contributed by atoms with Crippen molar-refractivity contribution in [2.45, 2.75) is 26.3 Å². The number of nitro groups is 1. The standard InChI is InChI=1S/C12H17ClFN3O2/c1-7(2)12(3,6-15)16-10-4-8(13)9(14)5-11(10)17(18)19/h4-5,7,16H,6,15H2,1-3H3. The highest BCUT2D eigenvalue weighted by Crippen LogP contribution is 2.33. The Bertz CT molecular complexity index is 496. The fraction of sp³-hybridized carbons (Fsp3) is 0.500. The van der Waals surface area contributed by atoms with E-state index < -0.39 is 16.3 Å². The lowest BCUT2D eigenvalue weighted by molar-refractivity contribution is -0.384. The summed E-state index contributed by atoms with van der Waals surface area (Å²) in [5, 5.41) is 13.8. The van der Waals surface area contributed by atoms with Crippen molar-refractivity contribution in [3.63, 3.8) is 0 Å². The van der Waals surface area contributed by atoms with Gasteiger partial charge in [-0.25, -0.2) is 4.39 Å². The van der Waals surface area contributed by atoms with Gasteiger partial charge < -0.3 is 11.1 Å². The first-order valence-electron chi connectivity index (χ1n) is 5.83. The molecule has 1 unspecified atom stereocenters. The summed E-state index contributed by atoms with van der Waals surface area (Å²) in [5.74, 6) is -0.696. The first-order chi connectivity index (χ1) is 8.71. The van der Waals surface area contributed by atoms with E-state index in [2.05, 4.69) is 5.32 Å². The number of halogens is 2. The molecule has 1 aromatic carbocycles. The predicted octanol–water partition coefficient (Wildman–Crippen LogP) is 3.17. The van der Waals surface area contributed by atoms with E-state index in [0.29, 0.717) is 0 Å². The smallest absolute Gasteiger partial charge is 0.295 e. The van der Waals surface area contributed by atoms with Crippen LogP contribution in [0.4, 0.5) is 15.8 Å². The van der Waals surface area contributed by atoms with Crippen LogP contribution in [0.3, 0.4) is 0 Å². The number of rotatable bonds is 5. The zero-order chi connectivity index (χ0) is 14.8. The average Bonchev–Trinajstić information content (AvgIpc) is 2.32. The van der Waals surface area contributed by atoms with Crippen molar-refractivity contribution < 1.29 is 9.31 Å². The Hall–Kier alpha value is -1.40. The summed E-state index contributed by atoms with van der Waals surface area (Å²) in [6.45, 7) is 6.00. The van der Waals surface area contributed by atoms with Crippen molar-refractivity contribution in [2.75, 3.05) is 11.9 Å². The van der Waals surface area contributed by atoms with E-state index in [1.165, 1.54) is 6.07 Å². The Morgan fingerprint density at radius 2 is 2.16 bits per heavy atom. The third-order valence-electron chi connectivity index (χ3n) is 3.35. The highest BCUT2D eigenvalue weighted by atomic mass is 35.5. The molecular formula is C12H17ClFN3O2. The van der Waals surface area contributed by atoms with Crippen LogP contribution in [-0.4, -0.2) is 17.0 Å². The van der Waals surface area contributed by atoms with Crippen molar-refractivity contribution in [1.82, 2.24) is 0 Å². The first-order valence-corrected chi connectivity index (χ1v) is 6.20. The fourth-order valence-corrected chi connectivity index (χ4v) is 1.69. The quantitative estimate of drug-likeness (QED) is 0.644. The van der Waals surface area contributed by atoms with Crippen LogP contribution in [0.2, 0.25) is 5.02 Å². The monoisotopic (exact) mass is 289 g/mol. The minimum absolute atomic E-state index is 0.126. The topological polar surface area (TPSA) is 81.2 Å². The second-order valence-corrected chi connectivity index (χ2v) is 5.35. The molecule has 106 valence electrons. The Morgan fingerprint density at radius 1 is 1.58 bits per heavy atom. The molecule has 0 aliphatic carbocycles. The van der Waals surface area contributed by atoms with Crippen molar-refractivity contribution >= 4 is 23.0 Å². The van der Waals surface area contributed by atoms with Gasteiger partial charge >= 0.3 is 0 Å². The van der Waals surface area contributed by atoms with E-state index in [4.69, 9.17) is 17.3 Å². The first kappa shape index (κ1) is 15.7. The number of hydrogen-bond acceptors (Lipinski definition) is 4. The molecule has 0 bridgehead atoms. The van der Waals surface area contributed by atoms with Crippen LogP contribution in [-0.2, 0) is 0 Å². The number of nitrogens with two attached hydrogens (primary N) is 1. The minimum atomic E-state index is -0.821. The molecule has 0 aliphatic rings. The third-order valence-corrected chi connectivity index (χ3v) is 3.64. The Morgan fingerprint density at radius 3 is 2.58 bits per heavy atom. The van der Waals surface area contributed by atoms with E-state index in [9.17, 15) is 14.5 Å². The number of nitro benzene ring substituents is 1. The van der Waals surface area contributed by atoms with E-state index in [-0.39, 0.29) is 28.9 Å². The largest absolute Gasteiger partial charge is 0.373 e. The summed E-state index contributed by atoms with van der Waals surface area (Å²) >= 11 is 5.67. The van der Waals surface area contributed by atoms with Gasteiger partial charge in [0, 0.05) is 12.1 Å². The maximum Gasteiger partial charge on any atom is 0.295 e. The number of anilines is 1. The molecule has 0 saturated carbocycles. The lowest BCUT2D eigenvalue weighted by Gasteiger charge is -2.34. The highest BCUT2D eigenvalue weighted by molar-refractivity contribution is 6.31. The van der Waals surface area contributed by atoms with Crippen LogP contribution >= 0.6 is 11.6 Å². The lowest BCUT2D eigenvalue weighted by atomic mass is 9.88. The molecule has 0 amide bonds. The van der Waals surface area contributed by atoms with Gasteiger partial charge in [0.05, 0.1) is 16.0 Å². The van der Waals surface area contributed by atoms with Crippen LogP contribution in [0.5, 0.6) is 0 Å². The molecule has 1 atom stereocenters. The number of nitrogens with zero attached hydrogens (tertiary/aromatic N) is 1. The SMILES string of the molecule is CC(C)C(C)(CN)Nc1cc(Cl)c(F)cc1[N+](=O)[O-]. The van der Waals surface area contributed by atoms with Crippen molar-refractivity contribution in [2.24, 2.45) is 11.7 Å². The van der Waals surface area contributed by atoms with Gasteiger partial charge in [-0.3, -0.25) is 10.1 Å². The molecule has 0 spiro atoms. The summed E-state index contributed by atoms with van der Waals surface area (Å²) in [5.41, 5.74) is 4.97. The predicted molar refractivity (Wildman–Crippen MR) is 74.0 cm³/mol. The molecular weight excluding hydrogens is 273 g/mol. The molecule has 1 rings (SSSR count). The van der Waals surface area contributed by atoms with E-state index in [1.54, 1.807) is 0 Å². The molecule has 0 fully saturated rings. The summed E-state index contributed by atoms with van der Waals surface area (Å²) in [4.78, 5) is 10.3. The van der Waals surface area contributed by atoms with Crippen molar-refractivity contribution in [3.8, 4) is 0 Å². The molecule has 3 N–H and O–H groups in total. The fourth-order valence-electron chi connectivity index (χ4n) is 1.53. The van der Waals surface area contributed by atoms with Gasteiger partial charge in [-0.2, -0.15) is 0 Å². The van der Waals surface area contributed by atoms with Gasteiger partial charge in [-0.1, -0.05) is 25.4 Å². The molecule has 0 aromatic heterocycles. The molecule has 1 aromatic rings. The summed E-state index contributed by atoms with van der Waals surface area (Å²) in [6, 6.07) is 2.02. The Labute approximate surface area is 116 Å². The van der Waals surface area contributed by atoms with Crippen LogP contribution in [0.25, 0.3) is 0 Å². The van der Waals surface area contributed by atoms with E-state index >= 15 is 0 Å². The number of benzene rings is 1. The van der Waals surface area contributed by atoms with Crippen LogP contribution in [0.15, 0.2) is 12.1 Å². The lowest BCUT2D eigenvalue weighted by Crippen LogP contribution is -2.47. The Balaban J connectivity index is 3.26. The van der Waals surface area contributed by atoms with Gasteiger partial charge in [0.15, 0.2) is 0 Å². The highest BCUT2D eigenvalue weighted by Gasteiger charge is 2.30. The van der Waals surface area contributed by atoms with Crippen LogP contribution < -0.4 is 11.1 Å². The second-order valence-electron chi connectivity index (χ2n) is 4.94. The normalized spacial score (nSPS) is 14.3. The van der Waals surface area contributed by atoms with Gasteiger partial charge in [0.1, 0.15) is 11.5 Å². The molecule has 0 aliphatic heterocycles. The van der Waals surface area contributed by atoms with E-state index in [0.717, 1.165) is 6.07 Å². The summed E-state index contributed by atoms with van der Waals surface area (Å²) < 4.78 is 13.3. The zero-order valence-corrected chi connectivity index (χ0v) is 11.8. The molecule has 0 radical (unpaired) electrons. The molecule has 19 heavy (non-hydrogen) atoms. The van der Waals surface area contributed by atoms with Crippen LogP contribution in [0, 0.1) is 21.8 Å². The zero-order valence-electron chi connectivity index (χ0n) is 11.0. The second kappa shape index (κ2) is 5.71. The molecule has 0 saturated heterocycles. The maximum absolute atomic E-state index is 13.3. The van der Waals surface area contributed by atoms with Crippen molar-refractivity contribution in [3.05, 3.63) is 33.1 Å². The van der Waals surface area contributed by atoms with Gasteiger partial charge in [0.2, 0.25) is 0 Å². The van der Waals surface area contributed by atoms with Gasteiger partial charge in [-0.15, -0.1) is 0 Å². The summed E-state index contributed by atoms with van der Waals surface area (Å²) in [7, 11) is 0. The average molecular weight is 290 g/mol. The molecule has 5 nitrogen and oxygen atoms in total. The third kappa shape index (κ3) is 3.33. The maximum atomic E-state index is 13.3. The van der Waals surface area contributed by atoms with Crippen molar-refractivity contribution in [1.29, 1.82) is 0 Å². The van der Waals surface area contributed by atoms with E-state index in [1.807, 2.05) is 20.8 Å². The van der Waals surface area contributed by atoms with Crippen LogP contribution in [0.1, 0.15) is 20.8 Å². The number of hydrogen-bond donors (Lipinski definition) is 2. The minimum Gasteiger partial charge on any atom is -0.373 e. The Kier molecular flexibility index (Phi) is 4.70. The summed E-state index contributed by atoms with van der Waals surface area (Å²) in [6.07, 6.45) is 0. The number of nitrogens with one attached hydrogen (secondary N) is 1.